The van der Waals surface area contributed by atoms with Gasteiger partial charge >= 0.3 is 0 Å². The van der Waals surface area contributed by atoms with E-state index in [9.17, 15) is 0 Å². The molecule has 0 atom stereocenters. The summed E-state index contributed by atoms with van der Waals surface area (Å²) in [6.07, 6.45) is 5.22. The Morgan fingerprint density at radius 1 is 1.30 bits per heavy atom. The first-order chi connectivity index (χ1) is 4.77. The molecule has 10 heavy (non-hydrogen) atoms. The molecule has 0 aromatic rings. The summed E-state index contributed by atoms with van der Waals surface area (Å²) in [4.78, 5) is 0. The second-order valence-electron chi connectivity index (χ2n) is 3.02. The molecule has 61 valence electrons. The Morgan fingerprint density at radius 3 is 2.50 bits per heavy atom. The second kappa shape index (κ2) is 7.07. The SMILES string of the molecule is CCCCC[CH]NC(C)C. The van der Waals surface area contributed by atoms with Gasteiger partial charge in [-0.05, 0) is 6.42 Å². The summed E-state index contributed by atoms with van der Waals surface area (Å²) < 4.78 is 0. The van der Waals surface area contributed by atoms with Crippen molar-refractivity contribution in [3.8, 4) is 0 Å². The Balaban J connectivity index is 2.77. The van der Waals surface area contributed by atoms with Crippen molar-refractivity contribution in [2.45, 2.75) is 52.5 Å². The van der Waals surface area contributed by atoms with E-state index in [0.29, 0.717) is 6.04 Å². The van der Waals surface area contributed by atoms with Crippen molar-refractivity contribution in [2.75, 3.05) is 0 Å². The zero-order valence-corrected chi connectivity index (χ0v) is 7.48. The minimum atomic E-state index is 0.599. The van der Waals surface area contributed by atoms with Crippen LogP contribution in [0.2, 0.25) is 0 Å². The fourth-order valence-corrected chi connectivity index (χ4v) is 0.815. The number of unbranched alkanes of at least 4 members (excludes halogenated alkanes) is 3. The van der Waals surface area contributed by atoms with Crippen LogP contribution < -0.4 is 5.32 Å². The van der Waals surface area contributed by atoms with Crippen molar-refractivity contribution in [1.29, 1.82) is 0 Å². The fourth-order valence-electron chi connectivity index (χ4n) is 0.815. The van der Waals surface area contributed by atoms with E-state index in [4.69, 9.17) is 0 Å². The lowest BCUT2D eigenvalue weighted by atomic mass is 10.2. The van der Waals surface area contributed by atoms with Gasteiger partial charge in [-0.2, -0.15) is 0 Å². The summed E-state index contributed by atoms with van der Waals surface area (Å²) in [5, 5.41) is 3.28. The molecule has 1 radical (unpaired) electrons. The first-order valence-corrected chi connectivity index (χ1v) is 4.35. The quantitative estimate of drug-likeness (QED) is 0.562. The first-order valence-electron chi connectivity index (χ1n) is 4.35. The summed E-state index contributed by atoms with van der Waals surface area (Å²) in [7, 11) is 0. The fraction of sp³-hybridized carbons (Fsp3) is 0.889. The van der Waals surface area contributed by atoms with Gasteiger partial charge in [0.2, 0.25) is 0 Å². The molecule has 0 saturated carbocycles. The third-order valence-corrected chi connectivity index (χ3v) is 1.40. The summed E-state index contributed by atoms with van der Waals surface area (Å²) in [5.41, 5.74) is 0. The van der Waals surface area contributed by atoms with Crippen LogP contribution in [0.5, 0.6) is 0 Å². The maximum absolute atomic E-state index is 3.28. The third kappa shape index (κ3) is 7.96. The zero-order chi connectivity index (χ0) is 7.82. The molecule has 0 aliphatic rings. The molecule has 0 aromatic carbocycles. The third-order valence-electron chi connectivity index (χ3n) is 1.40. The predicted octanol–water partition coefficient (Wildman–Crippen LogP) is 2.73. The molecule has 0 heterocycles. The van der Waals surface area contributed by atoms with E-state index < -0.39 is 0 Å². The van der Waals surface area contributed by atoms with Crippen molar-refractivity contribution in [1.82, 2.24) is 5.32 Å². The molecular formula is C9H20N. The van der Waals surface area contributed by atoms with Crippen LogP contribution in [-0.4, -0.2) is 6.04 Å². The van der Waals surface area contributed by atoms with E-state index in [1.165, 1.54) is 25.7 Å². The Labute approximate surface area is 65.2 Å². The lowest BCUT2D eigenvalue weighted by molar-refractivity contribution is 0.606. The largest absolute Gasteiger partial charge is 0.310 e. The van der Waals surface area contributed by atoms with Crippen LogP contribution in [0.1, 0.15) is 46.5 Å². The monoisotopic (exact) mass is 142 g/mol. The van der Waals surface area contributed by atoms with Gasteiger partial charge in [-0.1, -0.05) is 40.0 Å². The topological polar surface area (TPSA) is 12.0 Å². The molecule has 0 saturated heterocycles. The van der Waals surface area contributed by atoms with E-state index in [1.807, 2.05) is 0 Å². The highest BCUT2D eigenvalue weighted by molar-refractivity contribution is 4.64. The van der Waals surface area contributed by atoms with E-state index in [-0.39, 0.29) is 0 Å². The Kier molecular flexibility index (Phi) is 7.04. The number of hydrogen-bond acceptors (Lipinski definition) is 1. The van der Waals surface area contributed by atoms with Crippen molar-refractivity contribution >= 4 is 0 Å². The van der Waals surface area contributed by atoms with Gasteiger partial charge in [-0.3, -0.25) is 0 Å². The number of nitrogens with one attached hydrogen (secondary N) is 1. The molecule has 0 rings (SSSR count). The molecule has 0 aliphatic carbocycles. The maximum atomic E-state index is 3.28. The average molecular weight is 142 g/mol. The second-order valence-corrected chi connectivity index (χ2v) is 3.02. The Morgan fingerprint density at radius 2 is 2.00 bits per heavy atom. The lowest BCUT2D eigenvalue weighted by Crippen LogP contribution is -2.19. The van der Waals surface area contributed by atoms with Crippen LogP contribution in [0.15, 0.2) is 0 Å². The van der Waals surface area contributed by atoms with Crippen LogP contribution in [0.25, 0.3) is 0 Å². The van der Waals surface area contributed by atoms with E-state index in [2.05, 4.69) is 32.6 Å². The molecular weight excluding hydrogens is 122 g/mol. The Bertz CT molecular complexity index is 59.7. The van der Waals surface area contributed by atoms with Gasteiger partial charge in [0.1, 0.15) is 0 Å². The molecule has 0 fully saturated rings. The minimum Gasteiger partial charge on any atom is -0.310 e. The van der Waals surface area contributed by atoms with Gasteiger partial charge in [0.15, 0.2) is 0 Å². The van der Waals surface area contributed by atoms with Crippen molar-refractivity contribution in [3.05, 3.63) is 6.54 Å². The number of rotatable bonds is 6. The zero-order valence-electron chi connectivity index (χ0n) is 7.48. The molecule has 0 aromatic heterocycles. The summed E-state index contributed by atoms with van der Waals surface area (Å²) >= 11 is 0. The van der Waals surface area contributed by atoms with Crippen LogP contribution in [0, 0.1) is 6.54 Å². The van der Waals surface area contributed by atoms with Crippen molar-refractivity contribution < 1.29 is 0 Å². The molecule has 1 N–H and O–H groups in total. The minimum absolute atomic E-state index is 0.599. The molecule has 0 spiro atoms. The predicted molar refractivity (Wildman–Crippen MR) is 46.7 cm³/mol. The highest BCUT2D eigenvalue weighted by Crippen LogP contribution is 1.99. The van der Waals surface area contributed by atoms with Gasteiger partial charge < -0.3 is 5.32 Å². The van der Waals surface area contributed by atoms with Crippen LogP contribution in [0.3, 0.4) is 0 Å². The first kappa shape index (κ1) is 9.96. The van der Waals surface area contributed by atoms with Crippen molar-refractivity contribution in [2.24, 2.45) is 0 Å². The van der Waals surface area contributed by atoms with Gasteiger partial charge in [0.05, 0.1) is 0 Å². The average Bonchev–Trinajstić information content (AvgIpc) is 1.87. The summed E-state index contributed by atoms with van der Waals surface area (Å²) in [6.45, 7) is 8.74. The standard InChI is InChI=1S/C9H20N/c1-4-5-6-7-8-10-9(2)3/h8-10H,4-7H2,1-3H3. The maximum Gasteiger partial charge on any atom is 0.0223 e. The van der Waals surface area contributed by atoms with Crippen LogP contribution in [0.4, 0.5) is 0 Å². The Hall–Kier alpha value is -0.0400. The summed E-state index contributed by atoms with van der Waals surface area (Å²) in [6, 6.07) is 0.599. The molecule has 1 nitrogen and oxygen atoms in total. The van der Waals surface area contributed by atoms with E-state index in [0.717, 1.165) is 0 Å². The van der Waals surface area contributed by atoms with E-state index in [1.54, 1.807) is 0 Å². The van der Waals surface area contributed by atoms with Gasteiger partial charge in [0.25, 0.3) is 0 Å². The number of hydrogen-bond donors (Lipinski definition) is 1. The molecule has 0 unspecified atom stereocenters. The van der Waals surface area contributed by atoms with Gasteiger partial charge in [-0.25, -0.2) is 0 Å². The normalized spacial score (nSPS) is 10.8. The van der Waals surface area contributed by atoms with Crippen LogP contribution in [-0.2, 0) is 0 Å². The molecule has 0 aliphatic heterocycles. The highest BCUT2D eigenvalue weighted by atomic mass is 14.9. The molecule has 0 amide bonds. The lowest BCUT2D eigenvalue weighted by Gasteiger charge is -2.05. The summed E-state index contributed by atoms with van der Waals surface area (Å²) in [5.74, 6) is 0. The smallest absolute Gasteiger partial charge is 0.0223 e. The molecule has 1 heteroatoms. The van der Waals surface area contributed by atoms with Gasteiger partial charge in [0, 0.05) is 12.6 Å². The van der Waals surface area contributed by atoms with Crippen molar-refractivity contribution in [3.63, 3.8) is 0 Å². The van der Waals surface area contributed by atoms with Gasteiger partial charge in [-0.15, -0.1) is 0 Å². The highest BCUT2D eigenvalue weighted by Gasteiger charge is 1.90. The molecule has 0 bridgehead atoms. The van der Waals surface area contributed by atoms with Crippen LogP contribution >= 0.6 is 0 Å². The van der Waals surface area contributed by atoms with E-state index >= 15 is 0 Å².